The fourth-order valence-electron chi connectivity index (χ4n) is 1.64. The number of rotatable bonds is 5. The normalized spacial score (nSPS) is 12.0. The highest BCUT2D eigenvalue weighted by Gasteiger charge is 2.19. The van der Waals surface area contributed by atoms with Gasteiger partial charge in [-0.1, -0.05) is 18.3 Å². The largest absolute Gasteiger partial charge is 0.469 e. The zero-order valence-electron chi connectivity index (χ0n) is 11.5. The summed E-state index contributed by atoms with van der Waals surface area (Å²) >= 11 is 1.07. The quantitative estimate of drug-likeness (QED) is 0.739. The van der Waals surface area contributed by atoms with Gasteiger partial charge in [0.05, 0.1) is 13.0 Å². The minimum atomic E-state index is -0.390. The van der Waals surface area contributed by atoms with Crippen LogP contribution in [-0.2, 0) is 20.9 Å². The van der Waals surface area contributed by atoms with E-state index in [1.165, 1.54) is 16.6 Å². The Labute approximate surface area is 115 Å². The van der Waals surface area contributed by atoms with E-state index in [9.17, 15) is 14.4 Å². The van der Waals surface area contributed by atoms with Gasteiger partial charge in [-0.2, -0.15) is 0 Å². The van der Waals surface area contributed by atoms with Crippen LogP contribution in [0.2, 0.25) is 0 Å². The molecule has 1 atom stereocenters. The lowest BCUT2D eigenvalue weighted by Gasteiger charge is -2.20. The van der Waals surface area contributed by atoms with Gasteiger partial charge in [-0.15, -0.1) is 0 Å². The molecule has 0 spiro atoms. The number of ether oxygens (including phenoxy) is 1. The molecule has 0 N–H and O–H groups in total. The number of nitrogens with zero attached hydrogens (tertiary/aromatic N) is 2. The summed E-state index contributed by atoms with van der Waals surface area (Å²) in [4.78, 5) is 36.1. The molecular weight excluding hydrogens is 268 g/mol. The molecule has 0 aliphatic rings. The van der Waals surface area contributed by atoms with E-state index in [-0.39, 0.29) is 35.8 Å². The summed E-state index contributed by atoms with van der Waals surface area (Å²) in [5.41, 5.74) is 0.762. The van der Waals surface area contributed by atoms with Crippen molar-refractivity contribution in [2.45, 2.75) is 20.4 Å². The molecule has 6 nitrogen and oxygen atoms in total. The van der Waals surface area contributed by atoms with Crippen molar-refractivity contribution in [1.82, 2.24) is 9.47 Å². The molecule has 0 bridgehead atoms. The Morgan fingerprint density at radius 3 is 2.63 bits per heavy atom. The summed E-state index contributed by atoms with van der Waals surface area (Å²) in [6.07, 6.45) is 0. The fourth-order valence-corrected chi connectivity index (χ4v) is 2.37. The van der Waals surface area contributed by atoms with E-state index in [4.69, 9.17) is 0 Å². The van der Waals surface area contributed by atoms with Crippen LogP contribution < -0.4 is 4.87 Å². The highest BCUT2D eigenvalue weighted by Crippen LogP contribution is 2.04. The van der Waals surface area contributed by atoms with E-state index in [0.717, 1.165) is 17.0 Å². The van der Waals surface area contributed by atoms with Crippen molar-refractivity contribution < 1.29 is 14.3 Å². The van der Waals surface area contributed by atoms with E-state index in [2.05, 4.69) is 4.74 Å². The lowest BCUT2D eigenvalue weighted by atomic mass is 10.2. The molecular formula is C12H18N2O4S. The molecule has 1 aromatic heterocycles. The number of hydrogen-bond donors (Lipinski definition) is 0. The lowest BCUT2D eigenvalue weighted by Crippen LogP contribution is -2.37. The number of carbonyl (C=O) groups is 2. The molecule has 1 amide bonds. The Bertz CT molecular complexity index is 520. The van der Waals surface area contributed by atoms with E-state index >= 15 is 0 Å². The first-order valence-corrected chi connectivity index (χ1v) is 6.71. The summed E-state index contributed by atoms with van der Waals surface area (Å²) in [5, 5.41) is 1.71. The Balaban J connectivity index is 2.64. The van der Waals surface area contributed by atoms with Crippen LogP contribution in [0.3, 0.4) is 0 Å². The minimum Gasteiger partial charge on any atom is -0.469 e. The van der Waals surface area contributed by atoms with Crippen LogP contribution in [0, 0.1) is 12.8 Å². The second kappa shape index (κ2) is 6.51. The molecule has 1 unspecified atom stereocenters. The molecule has 1 heterocycles. The molecule has 0 radical (unpaired) electrons. The smallest absolute Gasteiger partial charge is 0.310 e. The lowest BCUT2D eigenvalue weighted by molar-refractivity contribution is -0.146. The highest BCUT2D eigenvalue weighted by molar-refractivity contribution is 7.07. The van der Waals surface area contributed by atoms with Crippen molar-refractivity contribution in [2.75, 3.05) is 20.7 Å². The van der Waals surface area contributed by atoms with Gasteiger partial charge >= 0.3 is 10.8 Å². The van der Waals surface area contributed by atoms with Crippen LogP contribution >= 0.6 is 11.3 Å². The second-order valence-corrected chi connectivity index (χ2v) is 5.25. The SMILES string of the molecule is COC(=O)C(C)CN(C)C(=O)Cn1c(C)csc1=O. The Morgan fingerprint density at radius 2 is 2.16 bits per heavy atom. The molecule has 0 saturated carbocycles. The van der Waals surface area contributed by atoms with Gasteiger partial charge in [0.1, 0.15) is 6.54 Å². The molecule has 0 aliphatic carbocycles. The summed E-state index contributed by atoms with van der Waals surface area (Å²) in [7, 11) is 2.92. The van der Waals surface area contributed by atoms with Gasteiger partial charge in [0.15, 0.2) is 0 Å². The number of thiazole rings is 1. The molecule has 0 aromatic carbocycles. The van der Waals surface area contributed by atoms with Gasteiger partial charge in [-0.3, -0.25) is 19.0 Å². The highest BCUT2D eigenvalue weighted by atomic mass is 32.1. The Kier molecular flexibility index (Phi) is 5.29. The second-order valence-electron chi connectivity index (χ2n) is 4.43. The summed E-state index contributed by atoms with van der Waals surface area (Å²) in [5.74, 6) is -0.956. The van der Waals surface area contributed by atoms with Gasteiger partial charge in [-0.05, 0) is 6.92 Å². The van der Waals surface area contributed by atoms with E-state index in [1.807, 2.05) is 0 Å². The van der Waals surface area contributed by atoms with Crippen LogP contribution in [0.15, 0.2) is 10.2 Å². The van der Waals surface area contributed by atoms with Crippen molar-refractivity contribution >= 4 is 23.2 Å². The molecule has 19 heavy (non-hydrogen) atoms. The third-order valence-corrected chi connectivity index (χ3v) is 3.73. The van der Waals surface area contributed by atoms with Gasteiger partial charge in [0.2, 0.25) is 5.91 Å². The first-order chi connectivity index (χ1) is 8.86. The third-order valence-electron chi connectivity index (χ3n) is 2.85. The van der Waals surface area contributed by atoms with Crippen molar-refractivity contribution in [3.05, 3.63) is 20.7 Å². The summed E-state index contributed by atoms with van der Waals surface area (Å²) in [6.45, 7) is 3.74. The first-order valence-electron chi connectivity index (χ1n) is 5.83. The number of hydrogen-bond acceptors (Lipinski definition) is 5. The minimum absolute atomic E-state index is 0.00143. The predicted molar refractivity (Wildman–Crippen MR) is 72.1 cm³/mol. The Morgan fingerprint density at radius 1 is 1.53 bits per heavy atom. The third kappa shape index (κ3) is 3.92. The first kappa shape index (κ1) is 15.4. The zero-order valence-corrected chi connectivity index (χ0v) is 12.3. The summed E-state index contributed by atoms with van der Waals surface area (Å²) in [6, 6.07) is 0. The van der Waals surface area contributed by atoms with Crippen molar-refractivity contribution in [3.63, 3.8) is 0 Å². The van der Waals surface area contributed by atoms with Crippen molar-refractivity contribution in [1.29, 1.82) is 0 Å². The summed E-state index contributed by atoms with van der Waals surface area (Å²) < 4.78 is 6.03. The number of amides is 1. The molecule has 1 rings (SSSR count). The zero-order chi connectivity index (χ0) is 14.6. The monoisotopic (exact) mass is 286 g/mol. The number of carbonyl (C=O) groups excluding carboxylic acids is 2. The maximum atomic E-state index is 12.0. The van der Waals surface area contributed by atoms with E-state index in [1.54, 1.807) is 26.3 Å². The van der Waals surface area contributed by atoms with Gasteiger partial charge in [0, 0.05) is 24.7 Å². The van der Waals surface area contributed by atoms with Gasteiger partial charge in [0.25, 0.3) is 0 Å². The molecule has 106 valence electrons. The van der Waals surface area contributed by atoms with Crippen LogP contribution in [-0.4, -0.2) is 42.0 Å². The maximum Gasteiger partial charge on any atom is 0.310 e. The number of aromatic nitrogens is 1. The Hall–Kier alpha value is -1.63. The number of methoxy groups -OCH3 is 1. The average molecular weight is 286 g/mol. The molecule has 0 fully saturated rings. The fraction of sp³-hybridized carbons (Fsp3) is 0.583. The van der Waals surface area contributed by atoms with Crippen molar-refractivity contribution in [3.8, 4) is 0 Å². The van der Waals surface area contributed by atoms with Crippen LogP contribution in [0.4, 0.5) is 0 Å². The molecule has 0 saturated heterocycles. The van der Waals surface area contributed by atoms with Crippen LogP contribution in [0.1, 0.15) is 12.6 Å². The number of esters is 1. The van der Waals surface area contributed by atoms with E-state index in [0.29, 0.717) is 0 Å². The predicted octanol–water partition coefficient (Wildman–Crippen LogP) is 0.486. The van der Waals surface area contributed by atoms with Crippen LogP contribution in [0.5, 0.6) is 0 Å². The maximum absolute atomic E-state index is 12.0. The van der Waals surface area contributed by atoms with Crippen LogP contribution in [0.25, 0.3) is 0 Å². The van der Waals surface area contributed by atoms with Gasteiger partial charge < -0.3 is 9.64 Å². The number of likely N-dealkylation sites (N-methyl/N-ethyl adjacent to an activating group) is 1. The molecule has 0 aliphatic heterocycles. The molecule has 1 aromatic rings. The molecule has 7 heteroatoms. The number of aryl methyl sites for hydroxylation is 1. The van der Waals surface area contributed by atoms with Gasteiger partial charge in [-0.25, -0.2) is 0 Å². The van der Waals surface area contributed by atoms with E-state index < -0.39 is 0 Å². The van der Waals surface area contributed by atoms with Crippen molar-refractivity contribution in [2.24, 2.45) is 5.92 Å². The topological polar surface area (TPSA) is 68.6 Å². The average Bonchev–Trinajstić information content (AvgIpc) is 2.69. The standard InChI is InChI=1S/C12H18N2O4S/c1-8(11(16)18-4)5-13(3)10(15)6-14-9(2)7-19-12(14)17/h7-8H,5-6H2,1-4H3.